The molecule has 5 rings (SSSR count). The average Bonchev–Trinajstić information content (AvgIpc) is 3.21. The van der Waals surface area contributed by atoms with Gasteiger partial charge >= 0.3 is 0 Å². The van der Waals surface area contributed by atoms with Crippen LogP contribution in [0, 0.1) is 0 Å². The fraction of sp³-hybridized carbons (Fsp3) is 0.154. The van der Waals surface area contributed by atoms with E-state index < -0.39 is 0 Å². The highest BCUT2D eigenvalue weighted by molar-refractivity contribution is 5.94. The minimum Gasteiger partial charge on any atom is -0.497 e. The number of nitrogens with zero attached hydrogens (tertiary/aromatic N) is 4. The summed E-state index contributed by atoms with van der Waals surface area (Å²) in [6.45, 7) is 0.927. The van der Waals surface area contributed by atoms with Crippen LogP contribution in [0.25, 0.3) is 38.9 Å². The Hall–Kier alpha value is -3.70. The Morgan fingerprint density at radius 2 is 1.77 bits per heavy atom. The van der Waals surface area contributed by atoms with Crippen LogP contribution >= 0.6 is 0 Å². The molecule has 0 aliphatic heterocycles. The maximum absolute atomic E-state index is 5.32. The number of methoxy groups -OCH3 is 1. The smallest absolute Gasteiger partial charge is 0.139 e. The number of imidazole rings is 1. The van der Waals surface area contributed by atoms with Crippen molar-refractivity contribution < 1.29 is 4.74 Å². The number of rotatable bonds is 5. The van der Waals surface area contributed by atoms with Crippen molar-refractivity contribution in [2.45, 2.75) is 6.54 Å². The van der Waals surface area contributed by atoms with Crippen molar-refractivity contribution in [2.75, 3.05) is 21.2 Å². The van der Waals surface area contributed by atoms with Gasteiger partial charge in [-0.15, -0.1) is 0 Å². The molecule has 0 aliphatic carbocycles. The maximum atomic E-state index is 5.32. The number of hydrogen-bond donors (Lipinski definition) is 0. The molecule has 0 saturated heterocycles. The van der Waals surface area contributed by atoms with Gasteiger partial charge in [-0.1, -0.05) is 42.5 Å². The fourth-order valence-corrected chi connectivity index (χ4v) is 3.96. The third-order valence-corrected chi connectivity index (χ3v) is 5.47. The number of para-hydroxylation sites is 1. The van der Waals surface area contributed by atoms with Gasteiger partial charge < -0.3 is 9.64 Å². The van der Waals surface area contributed by atoms with E-state index in [-0.39, 0.29) is 0 Å². The van der Waals surface area contributed by atoms with Crippen LogP contribution in [0.2, 0.25) is 0 Å². The van der Waals surface area contributed by atoms with Gasteiger partial charge in [0.05, 0.1) is 23.7 Å². The summed E-state index contributed by atoms with van der Waals surface area (Å²) in [5, 5.41) is 1.12. The average molecular weight is 409 g/mol. The number of benzene rings is 3. The molecule has 0 spiro atoms. The van der Waals surface area contributed by atoms with E-state index >= 15 is 0 Å². The van der Waals surface area contributed by atoms with Crippen molar-refractivity contribution in [3.8, 4) is 22.7 Å². The zero-order valence-corrected chi connectivity index (χ0v) is 17.9. The van der Waals surface area contributed by atoms with Gasteiger partial charge in [0.2, 0.25) is 0 Å². The van der Waals surface area contributed by atoms with Gasteiger partial charge in [-0.3, -0.25) is 4.57 Å². The molecule has 0 radical (unpaired) electrons. The van der Waals surface area contributed by atoms with Crippen molar-refractivity contribution in [1.82, 2.24) is 19.4 Å². The Morgan fingerprint density at radius 3 is 2.55 bits per heavy atom. The molecule has 31 heavy (non-hydrogen) atoms. The predicted molar refractivity (Wildman–Crippen MR) is 126 cm³/mol. The van der Waals surface area contributed by atoms with E-state index in [0.29, 0.717) is 0 Å². The maximum Gasteiger partial charge on any atom is 0.139 e. The van der Waals surface area contributed by atoms with Crippen molar-refractivity contribution in [1.29, 1.82) is 0 Å². The Morgan fingerprint density at radius 1 is 0.935 bits per heavy atom. The normalized spacial score (nSPS) is 11.5. The van der Waals surface area contributed by atoms with Crippen LogP contribution in [0.5, 0.6) is 5.75 Å². The molecule has 5 aromatic rings. The first kappa shape index (κ1) is 19.3. The van der Waals surface area contributed by atoms with Crippen LogP contribution in [0.1, 0.15) is 5.56 Å². The molecule has 0 atom stereocenters. The second kappa shape index (κ2) is 7.85. The molecule has 3 aromatic carbocycles. The largest absolute Gasteiger partial charge is 0.497 e. The highest BCUT2D eigenvalue weighted by Gasteiger charge is 2.11. The van der Waals surface area contributed by atoms with Crippen LogP contribution in [-0.2, 0) is 6.54 Å². The van der Waals surface area contributed by atoms with Gasteiger partial charge in [-0.25, -0.2) is 9.97 Å². The van der Waals surface area contributed by atoms with E-state index in [1.807, 2.05) is 35.2 Å². The summed E-state index contributed by atoms with van der Waals surface area (Å²) < 4.78 is 7.34. The first-order valence-electron chi connectivity index (χ1n) is 10.3. The Bertz CT molecular complexity index is 1370. The first-order valence-corrected chi connectivity index (χ1v) is 10.3. The van der Waals surface area contributed by atoms with E-state index in [2.05, 4.69) is 72.5 Å². The fourth-order valence-electron chi connectivity index (χ4n) is 3.96. The highest BCUT2D eigenvalue weighted by atomic mass is 16.5. The molecule has 2 heterocycles. The summed E-state index contributed by atoms with van der Waals surface area (Å²) in [6, 6.07) is 25.1. The van der Waals surface area contributed by atoms with Crippen molar-refractivity contribution in [3.05, 3.63) is 84.7 Å². The summed E-state index contributed by atoms with van der Waals surface area (Å²) in [5.74, 6) is 1.64. The third kappa shape index (κ3) is 3.64. The lowest BCUT2D eigenvalue weighted by atomic mass is 10.0. The number of ether oxygens (including phenoxy) is 1. The molecular formula is C26H24N4O. The molecule has 0 N–H and O–H groups in total. The molecule has 0 unspecified atom stereocenters. The second-order valence-electron chi connectivity index (χ2n) is 7.95. The zero-order chi connectivity index (χ0) is 21.4. The summed E-state index contributed by atoms with van der Waals surface area (Å²) in [7, 11) is 5.83. The monoisotopic (exact) mass is 408 g/mol. The number of pyridine rings is 1. The zero-order valence-electron chi connectivity index (χ0n) is 17.9. The van der Waals surface area contributed by atoms with Gasteiger partial charge in [-0.2, -0.15) is 0 Å². The first-order chi connectivity index (χ1) is 15.1. The van der Waals surface area contributed by atoms with Crippen molar-refractivity contribution in [2.24, 2.45) is 0 Å². The third-order valence-electron chi connectivity index (χ3n) is 5.47. The van der Waals surface area contributed by atoms with Crippen LogP contribution in [0.4, 0.5) is 0 Å². The van der Waals surface area contributed by atoms with Crippen LogP contribution in [0.15, 0.2) is 79.1 Å². The second-order valence-corrected chi connectivity index (χ2v) is 7.95. The van der Waals surface area contributed by atoms with Gasteiger partial charge in [-0.05, 0) is 49.5 Å². The molecular weight excluding hydrogens is 384 g/mol. The van der Waals surface area contributed by atoms with E-state index in [4.69, 9.17) is 9.72 Å². The number of fused-ring (bicyclic) bond motifs is 2. The lowest BCUT2D eigenvalue weighted by Gasteiger charge is -2.12. The molecule has 0 saturated carbocycles. The minimum atomic E-state index is 0.796. The Balaban J connectivity index is 1.60. The van der Waals surface area contributed by atoms with Gasteiger partial charge in [0.25, 0.3) is 0 Å². The molecule has 2 aromatic heterocycles. The molecule has 0 fully saturated rings. The SMILES string of the molecule is COc1ccc2c(c1)ncn2-c1ccc2cccc(-c3ccc(CN(C)C)cc3)c2n1. The number of aromatic nitrogens is 3. The van der Waals surface area contributed by atoms with E-state index in [0.717, 1.165) is 51.2 Å². The number of hydrogen-bond acceptors (Lipinski definition) is 4. The molecule has 5 nitrogen and oxygen atoms in total. The lowest BCUT2D eigenvalue weighted by Crippen LogP contribution is -2.10. The lowest BCUT2D eigenvalue weighted by molar-refractivity contribution is 0.402. The van der Waals surface area contributed by atoms with Crippen LogP contribution < -0.4 is 4.74 Å². The quantitative estimate of drug-likeness (QED) is 0.395. The van der Waals surface area contributed by atoms with E-state index in [1.165, 1.54) is 5.56 Å². The van der Waals surface area contributed by atoms with Crippen LogP contribution in [0.3, 0.4) is 0 Å². The van der Waals surface area contributed by atoms with E-state index in [1.54, 1.807) is 7.11 Å². The minimum absolute atomic E-state index is 0.796. The van der Waals surface area contributed by atoms with Crippen LogP contribution in [-0.4, -0.2) is 40.6 Å². The van der Waals surface area contributed by atoms with Crippen molar-refractivity contribution >= 4 is 21.9 Å². The summed E-state index contributed by atoms with van der Waals surface area (Å²) in [5.41, 5.74) is 6.45. The van der Waals surface area contributed by atoms with Gasteiger partial charge in [0.15, 0.2) is 0 Å². The topological polar surface area (TPSA) is 43.2 Å². The molecule has 0 amide bonds. The Labute approximate surface area is 181 Å². The molecule has 0 bridgehead atoms. The van der Waals surface area contributed by atoms with E-state index in [9.17, 15) is 0 Å². The molecule has 0 aliphatic rings. The highest BCUT2D eigenvalue weighted by Crippen LogP contribution is 2.29. The Kier molecular flexibility index (Phi) is 4.88. The summed E-state index contributed by atoms with van der Waals surface area (Å²) in [6.07, 6.45) is 1.82. The van der Waals surface area contributed by atoms with Gasteiger partial charge in [0.1, 0.15) is 17.9 Å². The predicted octanol–water partition coefficient (Wildman–Crippen LogP) is 5.31. The standard InChI is InChI=1S/C26H24N4O/c1-29(2)16-18-7-9-19(10-8-18)22-6-4-5-20-11-14-25(28-26(20)22)30-17-27-23-15-21(31-3)12-13-24(23)30/h4-15,17H,16H2,1-3H3. The summed E-state index contributed by atoms with van der Waals surface area (Å²) in [4.78, 5) is 11.7. The molecule has 154 valence electrons. The van der Waals surface area contributed by atoms with Gasteiger partial charge in [0, 0.05) is 23.6 Å². The van der Waals surface area contributed by atoms with Crippen molar-refractivity contribution in [3.63, 3.8) is 0 Å². The summed E-state index contributed by atoms with van der Waals surface area (Å²) >= 11 is 0. The molecule has 5 heteroatoms.